The van der Waals surface area contributed by atoms with Crippen molar-refractivity contribution < 1.29 is 34.7 Å². The highest BCUT2D eigenvalue weighted by Crippen LogP contribution is 2.70. The Hall–Kier alpha value is -0.830. The number of epoxide rings is 1. The second-order valence-electron chi connectivity index (χ2n) is 7.11. The van der Waals surface area contributed by atoms with Gasteiger partial charge >= 0.3 is 0 Å². The van der Waals surface area contributed by atoms with E-state index in [1.54, 1.807) is 19.9 Å². The van der Waals surface area contributed by atoms with Gasteiger partial charge in [-0.05, 0) is 18.6 Å². The molecule has 0 aromatic heterocycles. The molecular formula is C15H20O7. The summed E-state index contributed by atoms with van der Waals surface area (Å²) < 4.78 is 11.5. The van der Waals surface area contributed by atoms with Crippen molar-refractivity contribution in [2.24, 2.45) is 10.8 Å². The molecule has 1 saturated carbocycles. The number of fused-ring (bicyclic) bond motifs is 2. The van der Waals surface area contributed by atoms with Crippen LogP contribution in [0.4, 0.5) is 0 Å². The standard InChI is InChI=1S/C15H20O7/c1-6-3-7-14(4-16,11(20)8(6)17)13(2)10(19)9(18)12(22-7)15(13)5-21-15/h3,7,9-12,16,18-20H,4-5H2,1-2H3/t7-,9-,10-,11?,12-,13-,14-,15-/m1/s1. The Balaban J connectivity index is 1.98. The number of carbonyl (C=O) groups excluding carboxylic acids is 1. The molecule has 1 unspecified atom stereocenters. The number of carbonyl (C=O) groups is 1. The first-order valence-corrected chi connectivity index (χ1v) is 7.45. The molecule has 8 atom stereocenters. The van der Waals surface area contributed by atoms with Gasteiger partial charge < -0.3 is 29.9 Å². The minimum Gasteiger partial charge on any atom is -0.396 e. The number of Topliss-reactive ketones (excluding diaryl/α,β-unsaturated/α-hetero) is 1. The number of aliphatic hydroxyl groups is 4. The van der Waals surface area contributed by atoms with Crippen LogP contribution in [0.15, 0.2) is 11.6 Å². The molecule has 7 nitrogen and oxygen atoms in total. The van der Waals surface area contributed by atoms with E-state index in [4.69, 9.17) is 9.47 Å². The normalized spacial score (nSPS) is 59.5. The molecule has 0 radical (unpaired) electrons. The van der Waals surface area contributed by atoms with Crippen LogP contribution in [-0.4, -0.2) is 75.5 Å². The summed E-state index contributed by atoms with van der Waals surface area (Å²) >= 11 is 0. The Morgan fingerprint density at radius 2 is 2.00 bits per heavy atom. The monoisotopic (exact) mass is 312 g/mol. The van der Waals surface area contributed by atoms with E-state index in [9.17, 15) is 25.2 Å². The summed E-state index contributed by atoms with van der Waals surface area (Å²) in [5.41, 5.74) is -3.28. The topological polar surface area (TPSA) is 120 Å². The Morgan fingerprint density at radius 1 is 1.36 bits per heavy atom. The molecule has 4 rings (SSSR count). The molecule has 4 N–H and O–H groups in total. The van der Waals surface area contributed by atoms with Crippen LogP contribution in [0, 0.1) is 10.8 Å². The van der Waals surface area contributed by atoms with Gasteiger partial charge in [-0.1, -0.05) is 6.92 Å². The summed E-state index contributed by atoms with van der Waals surface area (Å²) in [5, 5.41) is 41.8. The maximum Gasteiger partial charge on any atom is 0.187 e. The lowest BCUT2D eigenvalue weighted by molar-refractivity contribution is -0.253. The zero-order chi connectivity index (χ0) is 16.1. The van der Waals surface area contributed by atoms with E-state index in [0.29, 0.717) is 5.57 Å². The quantitative estimate of drug-likeness (QED) is 0.419. The molecular weight excluding hydrogens is 292 g/mol. The van der Waals surface area contributed by atoms with E-state index < -0.39 is 59.3 Å². The van der Waals surface area contributed by atoms with E-state index in [1.165, 1.54) is 0 Å². The van der Waals surface area contributed by atoms with Crippen molar-refractivity contribution in [3.63, 3.8) is 0 Å². The van der Waals surface area contributed by atoms with Gasteiger partial charge in [0.15, 0.2) is 5.78 Å². The van der Waals surface area contributed by atoms with Crippen LogP contribution in [0.1, 0.15) is 13.8 Å². The number of aliphatic hydroxyl groups excluding tert-OH is 4. The highest BCUT2D eigenvalue weighted by molar-refractivity contribution is 6.00. The molecule has 0 aromatic carbocycles. The van der Waals surface area contributed by atoms with Crippen LogP contribution in [0.25, 0.3) is 0 Å². The van der Waals surface area contributed by atoms with Crippen LogP contribution in [0.3, 0.4) is 0 Å². The van der Waals surface area contributed by atoms with Crippen molar-refractivity contribution in [2.75, 3.05) is 13.2 Å². The van der Waals surface area contributed by atoms with E-state index >= 15 is 0 Å². The maximum absolute atomic E-state index is 12.3. The van der Waals surface area contributed by atoms with E-state index in [0.717, 1.165) is 0 Å². The summed E-state index contributed by atoms with van der Waals surface area (Å²) in [6.07, 6.45) is -3.96. The van der Waals surface area contributed by atoms with Gasteiger partial charge in [0.25, 0.3) is 0 Å². The first-order valence-electron chi connectivity index (χ1n) is 7.45. The third-order valence-corrected chi connectivity index (χ3v) is 6.58. The van der Waals surface area contributed by atoms with Crippen molar-refractivity contribution in [1.29, 1.82) is 0 Å². The second kappa shape index (κ2) is 3.98. The molecule has 22 heavy (non-hydrogen) atoms. The van der Waals surface area contributed by atoms with Gasteiger partial charge in [-0.3, -0.25) is 4.79 Å². The Kier molecular flexibility index (Phi) is 2.67. The molecule has 122 valence electrons. The summed E-state index contributed by atoms with van der Waals surface area (Å²) in [7, 11) is 0. The fourth-order valence-corrected chi connectivity index (χ4v) is 5.03. The summed E-state index contributed by atoms with van der Waals surface area (Å²) in [6.45, 7) is 2.92. The summed E-state index contributed by atoms with van der Waals surface area (Å²) in [5.74, 6) is -0.502. The number of hydrogen-bond acceptors (Lipinski definition) is 7. The van der Waals surface area contributed by atoms with Gasteiger partial charge in [-0.2, -0.15) is 0 Å². The number of rotatable bonds is 1. The fraction of sp³-hybridized carbons (Fsp3) is 0.800. The Bertz CT molecular complexity index is 582. The number of hydrogen-bond donors (Lipinski definition) is 4. The minimum atomic E-state index is -1.53. The third-order valence-electron chi connectivity index (χ3n) is 6.58. The zero-order valence-corrected chi connectivity index (χ0v) is 12.4. The van der Waals surface area contributed by atoms with E-state index in [-0.39, 0.29) is 6.61 Å². The average Bonchev–Trinajstić information content (AvgIpc) is 3.27. The maximum atomic E-state index is 12.3. The SMILES string of the molecule is CC1=C[C@H]2O[C@@H]3[C@H](O)[C@@H](O)[C@](C)([C@@]2(CO)C(O)C1=O)[C@@]31CO1. The molecule has 7 heteroatoms. The first kappa shape index (κ1) is 14.7. The van der Waals surface area contributed by atoms with Gasteiger partial charge in [0, 0.05) is 5.41 Å². The van der Waals surface area contributed by atoms with Crippen molar-refractivity contribution in [3.05, 3.63) is 11.6 Å². The highest BCUT2D eigenvalue weighted by Gasteiger charge is 2.86. The highest BCUT2D eigenvalue weighted by atomic mass is 16.6. The summed E-state index contributed by atoms with van der Waals surface area (Å²) in [6, 6.07) is 0. The zero-order valence-electron chi connectivity index (χ0n) is 12.4. The molecule has 2 heterocycles. The predicted molar refractivity (Wildman–Crippen MR) is 71.8 cm³/mol. The largest absolute Gasteiger partial charge is 0.396 e. The van der Waals surface area contributed by atoms with Gasteiger partial charge in [0.1, 0.15) is 23.9 Å². The second-order valence-corrected chi connectivity index (χ2v) is 7.11. The number of ketones is 1. The van der Waals surface area contributed by atoms with Crippen LogP contribution >= 0.6 is 0 Å². The average molecular weight is 312 g/mol. The molecule has 2 aliphatic heterocycles. The van der Waals surface area contributed by atoms with Crippen molar-refractivity contribution in [1.82, 2.24) is 0 Å². The summed E-state index contributed by atoms with van der Waals surface area (Å²) in [4.78, 5) is 12.3. The predicted octanol–water partition coefficient (Wildman–Crippen LogP) is -1.87. The third kappa shape index (κ3) is 1.18. The molecule has 3 fully saturated rings. The van der Waals surface area contributed by atoms with Crippen LogP contribution in [-0.2, 0) is 14.3 Å². The van der Waals surface area contributed by atoms with E-state index in [2.05, 4.69) is 0 Å². The molecule has 0 aromatic rings. The van der Waals surface area contributed by atoms with Crippen molar-refractivity contribution in [3.8, 4) is 0 Å². The molecule has 1 spiro atoms. The minimum absolute atomic E-state index is 0.250. The van der Waals surface area contributed by atoms with Crippen LogP contribution < -0.4 is 0 Å². The van der Waals surface area contributed by atoms with Gasteiger partial charge in [-0.15, -0.1) is 0 Å². The van der Waals surface area contributed by atoms with Gasteiger partial charge in [-0.25, -0.2) is 0 Å². The lowest BCUT2D eigenvalue weighted by Crippen LogP contribution is -2.72. The molecule has 0 amide bonds. The van der Waals surface area contributed by atoms with Crippen LogP contribution in [0.2, 0.25) is 0 Å². The van der Waals surface area contributed by atoms with Crippen LogP contribution in [0.5, 0.6) is 0 Å². The Labute approximate surface area is 127 Å². The fourth-order valence-electron chi connectivity index (χ4n) is 5.03. The smallest absolute Gasteiger partial charge is 0.187 e. The molecule has 2 bridgehead atoms. The molecule has 2 saturated heterocycles. The molecule has 2 aliphatic carbocycles. The lowest BCUT2D eigenvalue weighted by Gasteiger charge is -2.58. The van der Waals surface area contributed by atoms with E-state index in [1.807, 2.05) is 0 Å². The van der Waals surface area contributed by atoms with Gasteiger partial charge in [0.2, 0.25) is 0 Å². The van der Waals surface area contributed by atoms with Gasteiger partial charge in [0.05, 0.1) is 30.8 Å². The van der Waals surface area contributed by atoms with Crippen molar-refractivity contribution >= 4 is 5.78 Å². The number of ether oxygens (including phenoxy) is 2. The molecule has 4 aliphatic rings. The Morgan fingerprint density at radius 3 is 2.55 bits per heavy atom. The van der Waals surface area contributed by atoms with Crippen molar-refractivity contribution in [2.45, 2.75) is 50.0 Å². The first-order chi connectivity index (χ1) is 10.3. The lowest BCUT2D eigenvalue weighted by atomic mass is 9.50.